The van der Waals surface area contributed by atoms with Gasteiger partial charge in [0.1, 0.15) is 18.9 Å². The van der Waals surface area contributed by atoms with Crippen LogP contribution in [0.3, 0.4) is 0 Å². The number of halogens is 1. The molecule has 1 fully saturated rings. The zero-order valence-electron chi connectivity index (χ0n) is 25.8. The lowest BCUT2D eigenvalue weighted by atomic mass is 10.1. The number of aromatic nitrogens is 3. The molecule has 1 saturated heterocycles. The molecule has 0 radical (unpaired) electrons. The summed E-state index contributed by atoms with van der Waals surface area (Å²) < 4.78 is 13.6. The smallest absolute Gasteiger partial charge is 0.274 e. The quantitative estimate of drug-likeness (QED) is 0.236. The number of likely N-dealkylation sites (tertiary alicyclic amines) is 1. The second-order valence-electron chi connectivity index (χ2n) is 12.4. The van der Waals surface area contributed by atoms with Crippen LogP contribution < -0.4 is 9.47 Å². The summed E-state index contributed by atoms with van der Waals surface area (Å²) in [6.45, 7) is 14.8. The highest BCUT2D eigenvalue weighted by atomic mass is 35.5. The second-order valence-corrected chi connectivity index (χ2v) is 12.4. The normalized spacial score (nSPS) is 15.3. The van der Waals surface area contributed by atoms with E-state index in [0.29, 0.717) is 30.7 Å². The summed E-state index contributed by atoms with van der Waals surface area (Å²) in [5, 5.41) is 4.94. The highest BCUT2D eigenvalue weighted by Gasteiger charge is 2.23. The Morgan fingerprint density at radius 3 is 2.31 bits per heavy atom. The van der Waals surface area contributed by atoms with Crippen LogP contribution >= 0.6 is 12.4 Å². The maximum atomic E-state index is 13.8. The Kier molecular flexibility index (Phi) is 11.5. The van der Waals surface area contributed by atoms with E-state index in [-0.39, 0.29) is 18.3 Å². The lowest BCUT2D eigenvalue weighted by molar-refractivity contribution is 0.0733. The van der Waals surface area contributed by atoms with Gasteiger partial charge in [0.05, 0.1) is 11.4 Å². The third-order valence-electron chi connectivity index (χ3n) is 8.18. The van der Waals surface area contributed by atoms with Gasteiger partial charge < -0.3 is 19.3 Å². The summed E-state index contributed by atoms with van der Waals surface area (Å²) in [4.78, 5) is 23.4. The summed E-state index contributed by atoms with van der Waals surface area (Å²) in [6.07, 6.45) is 7.71. The maximum Gasteiger partial charge on any atom is 0.274 e. The largest absolute Gasteiger partial charge is 0.486 e. The molecule has 42 heavy (non-hydrogen) atoms. The van der Waals surface area contributed by atoms with Gasteiger partial charge in [-0.05, 0) is 100 Å². The molecule has 0 aliphatic carbocycles. The first-order valence-corrected chi connectivity index (χ1v) is 15.7. The van der Waals surface area contributed by atoms with E-state index in [1.807, 2.05) is 33.7 Å². The molecule has 0 unspecified atom stereocenters. The molecule has 0 N–H and O–H groups in total. The van der Waals surface area contributed by atoms with E-state index in [9.17, 15) is 4.79 Å². The highest BCUT2D eigenvalue weighted by molar-refractivity contribution is 5.92. The first-order valence-electron chi connectivity index (χ1n) is 15.7. The molecule has 2 aliphatic heterocycles. The molecule has 2 aromatic heterocycles. The van der Waals surface area contributed by atoms with Crippen LogP contribution in [0, 0.1) is 11.8 Å². The summed E-state index contributed by atoms with van der Waals surface area (Å²) in [5.41, 5.74) is 4.16. The number of fused-ring (bicyclic) bond motifs is 2. The van der Waals surface area contributed by atoms with E-state index in [2.05, 4.69) is 38.7 Å². The van der Waals surface area contributed by atoms with Crippen molar-refractivity contribution in [3.8, 4) is 22.8 Å². The fourth-order valence-corrected chi connectivity index (χ4v) is 5.70. The Hall–Kier alpha value is -2.84. The highest BCUT2D eigenvalue weighted by Crippen LogP contribution is 2.36. The van der Waals surface area contributed by atoms with Crippen molar-refractivity contribution in [2.45, 2.75) is 72.6 Å². The summed E-state index contributed by atoms with van der Waals surface area (Å²) in [7, 11) is 0. The molecule has 8 nitrogen and oxygen atoms in total. The van der Waals surface area contributed by atoms with E-state index >= 15 is 0 Å². The molecular weight excluding hydrogens is 550 g/mol. The average Bonchev–Trinajstić information content (AvgIpc) is 3.34. The second kappa shape index (κ2) is 15.1. The molecule has 2 aliphatic rings. The van der Waals surface area contributed by atoms with Crippen LogP contribution in [0.25, 0.3) is 16.9 Å². The van der Waals surface area contributed by atoms with Crippen LogP contribution in [0.2, 0.25) is 0 Å². The number of ether oxygens (including phenoxy) is 2. The summed E-state index contributed by atoms with van der Waals surface area (Å²) in [5.74, 6) is 2.59. The number of hydrogen-bond donors (Lipinski definition) is 0. The molecule has 3 aromatic rings. The van der Waals surface area contributed by atoms with Crippen molar-refractivity contribution in [2.75, 3.05) is 45.9 Å². The van der Waals surface area contributed by atoms with Gasteiger partial charge in [0.25, 0.3) is 5.91 Å². The van der Waals surface area contributed by atoms with Crippen LogP contribution in [0.1, 0.15) is 82.4 Å². The summed E-state index contributed by atoms with van der Waals surface area (Å²) >= 11 is 0. The predicted octanol–water partition coefficient (Wildman–Crippen LogP) is 6.54. The van der Waals surface area contributed by atoms with Crippen molar-refractivity contribution in [2.24, 2.45) is 11.8 Å². The number of aryl methyl sites for hydroxylation is 1. The molecule has 0 bridgehead atoms. The molecule has 230 valence electrons. The topological polar surface area (TPSA) is 72.2 Å². The molecule has 0 saturated carbocycles. The Morgan fingerprint density at radius 2 is 1.62 bits per heavy atom. The van der Waals surface area contributed by atoms with Gasteiger partial charge in [0, 0.05) is 18.7 Å². The van der Waals surface area contributed by atoms with Gasteiger partial charge in [0.2, 0.25) is 0 Å². The molecule has 0 atom stereocenters. The minimum atomic E-state index is 0. The van der Waals surface area contributed by atoms with E-state index in [1.54, 1.807) is 0 Å². The van der Waals surface area contributed by atoms with Gasteiger partial charge in [-0.3, -0.25) is 4.79 Å². The zero-order chi connectivity index (χ0) is 28.8. The van der Waals surface area contributed by atoms with Crippen LogP contribution in [0.15, 0.2) is 30.3 Å². The monoisotopic (exact) mass is 597 g/mol. The molecule has 1 aromatic carbocycles. The SMILES string of the molecule is CC(C)CCN(CCC(C)C)C(=O)c1ccc2nc(-c3ccc4c(c3)OCCO4)c(CCCN3CCCCC3)n2n1.Cl. The lowest BCUT2D eigenvalue weighted by Gasteiger charge is -2.26. The number of amides is 1. The first-order chi connectivity index (χ1) is 19.9. The van der Waals surface area contributed by atoms with Gasteiger partial charge >= 0.3 is 0 Å². The molecule has 5 rings (SSSR count). The van der Waals surface area contributed by atoms with Gasteiger partial charge in [-0.2, -0.15) is 5.10 Å². The number of imidazole rings is 1. The van der Waals surface area contributed by atoms with Crippen LogP contribution in [0.4, 0.5) is 0 Å². The third-order valence-corrected chi connectivity index (χ3v) is 8.18. The van der Waals surface area contributed by atoms with Crippen molar-refractivity contribution in [1.29, 1.82) is 0 Å². The van der Waals surface area contributed by atoms with Gasteiger partial charge in [-0.1, -0.05) is 34.1 Å². The minimum Gasteiger partial charge on any atom is -0.486 e. The first kappa shape index (κ1) is 32.1. The number of nitrogens with zero attached hydrogens (tertiary/aromatic N) is 5. The lowest BCUT2D eigenvalue weighted by Crippen LogP contribution is -2.35. The van der Waals surface area contributed by atoms with Crippen LogP contribution in [0.5, 0.6) is 11.5 Å². The third kappa shape index (κ3) is 7.95. The number of carbonyl (C=O) groups is 1. The number of carbonyl (C=O) groups excluding carboxylic acids is 1. The Morgan fingerprint density at radius 1 is 0.929 bits per heavy atom. The standard InChI is InChI=1S/C33H47N5O3.ClH/c1-24(2)14-19-37(20-15-25(3)4)33(39)27-11-13-31-34-32(26-10-12-29-30(23-26)41-22-21-40-29)28(38(31)35-27)9-8-18-36-16-6-5-7-17-36;/h10-13,23-25H,5-9,14-22H2,1-4H3;1H. The number of hydrogen-bond acceptors (Lipinski definition) is 6. The maximum absolute atomic E-state index is 13.8. The van der Waals surface area contributed by atoms with E-state index in [1.165, 1.54) is 32.4 Å². The number of rotatable bonds is 12. The van der Waals surface area contributed by atoms with Crippen LogP contribution in [-0.4, -0.2) is 76.2 Å². The summed E-state index contributed by atoms with van der Waals surface area (Å²) in [6, 6.07) is 9.83. The van der Waals surface area contributed by atoms with Gasteiger partial charge in [0.15, 0.2) is 17.1 Å². The Labute approximate surface area is 257 Å². The molecule has 0 spiro atoms. The zero-order valence-corrected chi connectivity index (χ0v) is 26.6. The van der Waals surface area contributed by atoms with Crippen LogP contribution in [-0.2, 0) is 6.42 Å². The van der Waals surface area contributed by atoms with Crippen molar-refractivity contribution in [3.63, 3.8) is 0 Å². The molecule has 9 heteroatoms. The van der Waals surface area contributed by atoms with Crippen molar-refractivity contribution < 1.29 is 14.3 Å². The number of benzene rings is 1. The molecular formula is C33H48ClN5O3. The van der Waals surface area contributed by atoms with Gasteiger partial charge in [-0.15, -0.1) is 12.4 Å². The fraction of sp³-hybridized carbons (Fsp3) is 0.606. The predicted molar refractivity (Wildman–Crippen MR) is 170 cm³/mol. The van der Waals surface area contributed by atoms with Crippen molar-refractivity contribution in [1.82, 2.24) is 24.4 Å². The van der Waals surface area contributed by atoms with E-state index in [4.69, 9.17) is 19.6 Å². The average molecular weight is 598 g/mol. The minimum absolute atomic E-state index is 0. The van der Waals surface area contributed by atoms with Crippen molar-refractivity contribution >= 4 is 24.0 Å². The van der Waals surface area contributed by atoms with E-state index < -0.39 is 0 Å². The molecule has 4 heterocycles. The molecule has 1 amide bonds. The number of piperidine rings is 1. The Balaban J connectivity index is 0.00000405. The van der Waals surface area contributed by atoms with Gasteiger partial charge in [-0.25, -0.2) is 9.50 Å². The Bertz CT molecular complexity index is 1310. The fourth-order valence-electron chi connectivity index (χ4n) is 5.70. The van der Waals surface area contributed by atoms with E-state index in [0.717, 1.165) is 79.4 Å². The van der Waals surface area contributed by atoms with Crippen molar-refractivity contribution in [3.05, 3.63) is 41.7 Å².